The standard InChI is InChI=1S/C11H16N2O4S/c1-8(11(14)17-2)13-7-9-4-3-5-10(6-9)18(12,15)16/h3-6,8,13H,7H2,1-2H3,(H2,12,15,16). The molecule has 0 fully saturated rings. The molecule has 0 aliphatic heterocycles. The van der Waals surface area contributed by atoms with E-state index in [1.165, 1.54) is 19.2 Å². The highest BCUT2D eigenvalue weighted by molar-refractivity contribution is 7.89. The number of nitrogens with two attached hydrogens (primary N) is 1. The number of primary sulfonamides is 1. The summed E-state index contributed by atoms with van der Waals surface area (Å²) in [6.45, 7) is 2.01. The van der Waals surface area contributed by atoms with Crippen LogP contribution >= 0.6 is 0 Å². The summed E-state index contributed by atoms with van der Waals surface area (Å²) >= 11 is 0. The molecule has 0 saturated heterocycles. The van der Waals surface area contributed by atoms with Gasteiger partial charge < -0.3 is 10.1 Å². The van der Waals surface area contributed by atoms with Gasteiger partial charge in [0.2, 0.25) is 10.0 Å². The van der Waals surface area contributed by atoms with Crippen LogP contribution in [0.25, 0.3) is 0 Å². The van der Waals surface area contributed by atoms with Crippen LogP contribution in [0.2, 0.25) is 0 Å². The number of ether oxygens (including phenoxy) is 1. The maximum Gasteiger partial charge on any atom is 0.322 e. The van der Waals surface area contributed by atoms with Gasteiger partial charge in [0.05, 0.1) is 12.0 Å². The van der Waals surface area contributed by atoms with Gasteiger partial charge in [-0.1, -0.05) is 12.1 Å². The average Bonchev–Trinajstić information content (AvgIpc) is 2.34. The predicted octanol–water partition coefficient (Wildman–Crippen LogP) is -0.0149. The monoisotopic (exact) mass is 272 g/mol. The molecule has 1 aromatic rings. The van der Waals surface area contributed by atoms with Crippen LogP contribution in [0.15, 0.2) is 29.2 Å². The summed E-state index contributed by atoms with van der Waals surface area (Å²) in [7, 11) is -2.40. The van der Waals surface area contributed by atoms with E-state index in [-0.39, 0.29) is 10.9 Å². The molecule has 0 aromatic heterocycles. The van der Waals surface area contributed by atoms with E-state index in [2.05, 4.69) is 10.1 Å². The number of nitrogens with one attached hydrogen (secondary N) is 1. The van der Waals surface area contributed by atoms with Crippen molar-refractivity contribution in [3.05, 3.63) is 29.8 Å². The zero-order valence-corrected chi connectivity index (χ0v) is 11.0. The van der Waals surface area contributed by atoms with Crippen molar-refractivity contribution in [1.29, 1.82) is 0 Å². The number of esters is 1. The van der Waals surface area contributed by atoms with Crippen LogP contribution in [0.5, 0.6) is 0 Å². The van der Waals surface area contributed by atoms with Crippen LogP contribution < -0.4 is 10.5 Å². The Kier molecular flexibility index (Phi) is 4.83. The van der Waals surface area contributed by atoms with Crippen LogP contribution in [0, 0.1) is 0 Å². The zero-order valence-electron chi connectivity index (χ0n) is 10.2. The lowest BCUT2D eigenvalue weighted by molar-refractivity contribution is -0.142. The Labute approximate surface area is 106 Å². The van der Waals surface area contributed by atoms with Crippen molar-refractivity contribution in [3.8, 4) is 0 Å². The summed E-state index contributed by atoms with van der Waals surface area (Å²) in [5.41, 5.74) is 0.720. The minimum Gasteiger partial charge on any atom is -0.468 e. The molecule has 1 aromatic carbocycles. The number of benzene rings is 1. The van der Waals surface area contributed by atoms with Gasteiger partial charge in [-0.2, -0.15) is 0 Å². The first-order chi connectivity index (χ1) is 8.34. The molecule has 0 amide bonds. The second kappa shape index (κ2) is 5.94. The molecule has 18 heavy (non-hydrogen) atoms. The Morgan fingerprint density at radius 2 is 2.17 bits per heavy atom. The van der Waals surface area contributed by atoms with Gasteiger partial charge in [-0.25, -0.2) is 13.6 Å². The number of carbonyl (C=O) groups is 1. The summed E-state index contributed by atoms with van der Waals surface area (Å²) in [6, 6.07) is 5.76. The Morgan fingerprint density at radius 3 is 2.72 bits per heavy atom. The fourth-order valence-corrected chi connectivity index (χ4v) is 1.95. The molecule has 7 heteroatoms. The van der Waals surface area contributed by atoms with E-state index in [1.54, 1.807) is 19.1 Å². The molecule has 0 heterocycles. The number of hydrogen-bond acceptors (Lipinski definition) is 5. The van der Waals surface area contributed by atoms with E-state index in [4.69, 9.17) is 5.14 Å². The SMILES string of the molecule is COC(=O)C(C)NCc1cccc(S(N)(=O)=O)c1. The van der Waals surface area contributed by atoms with E-state index in [0.29, 0.717) is 6.54 Å². The molecule has 3 N–H and O–H groups in total. The minimum atomic E-state index is -3.70. The van der Waals surface area contributed by atoms with Crippen molar-refractivity contribution >= 4 is 16.0 Å². The third-order valence-electron chi connectivity index (χ3n) is 2.39. The number of sulfonamides is 1. The molecule has 1 atom stereocenters. The second-order valence-corrected chi connectivity index (χ2v) is 5.38. The van der Waals surface area contributed by atoms with Gasteiger partial charge in [-0.15, -0.1) is 0 Å². The van der Waals surface area contributed by atoms with Gasteiger partial charge in [0.1, 0.15) is 6.04 Å². The normalized spacial score (nSPS) is 13.1. The first-order valence-electron chi connectivity index (χ1n) is 5.27. The van der Waals surface area contributed by atoms with Crippen molar-refractivity contribution < 1.29 is 17.9 Å². The van der Waals surface area contributed by atoms with Crippen molar-refractivity contribution in [2.45, 2.75) is 24.4 Å². The Balaban J connectivity index is 2.72. The molecule has 1 unspecified atom stereocenters. The van der Waals surface area contributed by atoms with Crippen LogP contribution in [-0.4, -0.2) is 27.5 Å². The van der Waals surface area contributed by atoms with Gasteiger partial charge >= 0.3 is 5.97 Å². The van der Waals surface area contributed by atoms with Crippen molar-refractivity contribution in [2.75, 3.05) is 7.11 Å². The van der Waals surface area contributed by atoms with Gasteiger partial charge in [0.15, 0.2) is 0 Å². The Bertz CT molecular complexity index is 528. The Hall–Kier alpha value is -1.44. The van der Waals surface area contributed by atoms with E-state index >= 15 is 0 Å². The van der Waals surface area contributed by atoms with Crippen molar-refractivity contribution in [2.24, 2.45) is 5.14 Å². The zero-order chi connectivity index (χ0) is 13.8. The highest BCUT2D eigenvalue weighted by Crippen LogP contribution is 2.09. The summed E-state index contributed by atoms with van der Waals surface area (Å²) in [5, 5.41) is 7.95. The molecule has 6 nitrogen and oxygen atoms in total. The lowest BCUT2D eigenvalue weighted by atomic mass is 10.2. The molecular formula is C11H16N2O4S. The predicted molar refractivity (Wildman–Crippen MR) is 66.1 cm³/mol. The number of rotatable bonds is 5. The molecular weight excluding hydrogens is 256 g/mol. The van der Waals surface area contributed by atoms with Gasteiger partial charge in [0, 0.05) is 6.54 Å². The fraction of sp³-hybridized carbons (Fsp3) is 0.364. The molecule has 0 spiro atoms. The smallest absolute Gasteiger partial charge is 0.322 e. The van der Waals surface area contributed by atoms with E-state index in [1.807, 2.05) is 0 Å². The van der Waals surface area contributed by atoms with E-state index in [0.717, 1.165) is 5.56 Å². The first kappa shape index (κ1) is 14.6. The lowest BCUT2D eigenvalue weighted by Gasteiger charge is -2.11. The molecule has 0 bridgehead atoms. The second-order valence-electron chi connectivity index (χ2n) is 3.82. The third-order valence-corrected chi connectivity index (χ3v) is 3.31. The molecule has 0 saturated carbocycles. The van der Waals surface area contributed by atoms with Crippen LogP contribution in [0.3, 0.4) is 0 Å². The quantitative estimate of drug-likeness (QED) is 0.734. The molecule has 0 radical (unpaired) electrons. The number of carbonyl (C=O) groups excluding carboxylic acids is 1. The summed E-state index contributed by atoms with van der Waals surface area (Å²) < 4.78 is 26.9. The van der Waals surface area contributed by atoms with Crippen molar-refractivity contribution in [1.82, 2.24) is 5.32 Å². The lowest BCUT2D eigenvalue weighted by Crippen LogP contribution is -2.34. The van der Waals surface area contributed by atoms with Crippen LogP contribution in [0.4, 0.5) is 0 Å². The summed E-state index contributed by atoms with van der Waals surface area (Å²) in [5.74, 6) is -0.377. The first-order valence-corrected chi connectivity index (χ1v) is 6.82. The Morgan fingerprint density at radius 1 is 1.50 bits per heavy atom. The van der Waals surface area contributed by atoms with E-state index in [9.17, 15) is 13.2 Å². The maximum absolute atomic E-state index is 11.2. The summed E-state index contributed by atoms with van der Waals surface area (Å²) in [6.07, 6.45) is 0. The molecule has 1 rings (SSSR count). The number of methoxy groups -OCH3 is 1. The minimum absolute atomic E-state index is 0.0486. The van der Waals surface area contributed by atoms with Gasteiger partial charge in [-0.05, 0) is 24.6 Å². The highest BCUT2D eigenvalue weighted by atomic mass is 32.2. The highest BCUT2D eigenvalue weighted by Gasteiger charge is 2.12. The van der Waals surface area contributed by atoms with Crippen LogP contribution in [-0.2, 0) is 26.1 Å². The largest absolute Gasteiger partial charge is 0.468 e. The molecule has 0 aliphatic rings. The topological polar surface area (TPSA) is 98.5 Å². The maximum atomic E-state index is 11.2. The van der Waals surface area contributed by atoms with Gasteiger partial charge in [-0.3, -0.25) is 4.79 Å². The number of hydrogen-bond donors (Lipinski definition) is 2. The fourth-order valence-electron chi connectivity index (χ4n) is 1.36. The van der Waals surface area contributed by atoms with Crippen LogP contribution in [0.1, 0.15) is 12.5 Å². The average molecular weight is 272 g/mol. The summed E-state index contributed by atoms with van der Waals surface area (Å²) in [4.78, 5) is 11.2. The third kappa shape index (κ3) is 4.10. The molecule has 0 aliphatic carbocycles. The van der Waals surface area contributed by atoms with E-state index < -0.39 is 16.1 Å². The van der Waals surface area contributed by atoms with Crippen molar-refractivity contribution in [3.63, 3.8) is 0 Å². The van der Waals surface area contributed by atoms with Gasteiger partial charge in [0.25, 0.3) is 0 Å². The molecule has 100 valence electrons.